The monoisotopic (exact) mass is 773 g/mol. The Bertz CT molecular complexity index is 1930. The van der Waals surface area contributed by atoms with E-state index in [1.807, 2.05) is 24.4 Å². The molecule has 1 N–H and O–H groups in total. The van der Waals surface area contributed by atoms with Crippen LogP contribution < -0.4 is 10.2 Å². The molecule has 3 atom stereocenters. The van der Waals surface area contributed by atoms with Crippen LogP contribution in [0.25, 0.3) is 0 Å². The van der Waals surface area contributed by atoms with E-state index in [0.717, 1.165) is 88.3 Å². The molecule has 2 saturated carbocycles. The van der Waals surface area contributed by atoms with Gasteiger partial charge in [-0.05, 0) is 117 Å². The van der Waals surface area contributed by atoms with Gasteiger partial charge in [0.05, 0.1) is 17.3 Å². The Labute approximate surface area is 325 Å². The zero-order chi connectivity index (χ0) is 38.7. The molecule has 7 rings (SSSR count). The smallest absolute Gasteiger partial charge is 0.305 e. The van der Waals surface area contributed by atoms with Gasteiger partial charge in [-0.15, -0.1) is 0 Å². The minimum absolute atomic E-state index is 0.127. The fourth-order valence-electron chi connectivity index (χ4n) is 10.3. The van der Waals surface area contributed by atoms with Crippen LogP contribution in [0.1, 0.15) is 69.7 Å². The molecule has 3 aromatic rings. The van der Waals surface area contributed by atoms with Crippen LogP contribution >= 0.6 is 0 Å². The third-order valence-electron chi connectivity index (χ3n) is 13.3. The largest absolute Gasteiger partial charge is 0.469 e. The van der Waals surface area contributed by atoms with Crippen LogP contribution in [-0.4, -0.2) is 85.9 Å². The van der Waals surface area contributed by atoms with Gasteiger partial charge in [0.1, 0.15) is 11.6 Å². The number of rotatable bonds is 15. The molecule has 4 aliphatic rings. The number of amides is 1. The Morgan fingerprint density at radius 2 is 1.82 bits per heavy atom. The minimum atomic E-state index is -3.45. The van der Waals surface area contributed by atoms with Gasteiger partial charge < -0.3 is 24.4 Å². The Kier molecular flexibility index (Phi) is 11.8. The first-order chi connectivity index (χ1) is 26.5. The number of hydrogen-bond donors (Lipinski definition) is 1. The molecule has 1 amide bonds. The van der Waals surface area contributed by atoms with Crippen molar-refractivity contribution in [3.05, 3.63) is 90.8 Å². The van der Waals surface area contributed by atoms with E-state index in [4.69, 9.17) is 4.74 Å². The SMILES string of the molecule is C=CC(=O)NC1CC(S(=O)(=O)c2ccc(N3CC(CN4CCC([C@@](Cn5ccnc5CC)(c5cccc(F)c5)[C@H]5CCC[C@@H]5CC(=O)OC)CC4)C3)cc2)C1. The summed E-state index contributed by atoms with van der Waals surface area (Å²) < 4.78 is 49.0. The van der Waals surface area contributed by atoms with Crippen molar-refractivity contribution in [1.29, 1.82) is 0 Å². The molecule has 0 radical (unpaired) electrons. The number of likely N-dealkylation sites (tertiary alicyclic amines) is 1. The molecule has 4 fully saturated rings. The maximum absolute atomic E-state index is 15.2. The number of aromatic nitrogens is 2. The van der Waals surface area contributed by atoms with Gasteiger partial charge in [0, 0.05) is 74.5 Å². The highest BCUT2D eigenvalue weighted by Crippen LogP contribution is 2.54. The topological polar surface area (TPSA) is 114 Å². The average Bonchev–Trinajstić information content (AvgIpc) is 3.82. The van der Waals surface area contributed by atoms with Crippen molar-refractivity contribution in [2.75, 3.05) is 44.7 Å². The van der Waals surface area contributed by atoms with Crippen molar-refractivity contribution < 1.29 is 27.1 Å². The third-order valence-corrected chi connectivity index (χ3v) is 15.5. The quantitative estimate of drug-likeness (QED) is 0.149. The molecule has 0 bridgehead atoms. The second-order valence-electron chi connectivity index (χ2n) is 16.3. The molecule has 296 valence electrons. The van der Waals surface area contributed by atoms with Crippen molar-refractivity contribution in [3.63, 3.8) is 0 Å². The van der Waals surface area contributed by atoms with Crippen molar-refractivity contribution in [2.24, 2.45) is 23.7 Å². The highest BCUT2D eigenvalue weighted by atomic mass is 32.2. The number of piperidine rings is 1. The number of aryl methyl sites for hydroxylation is 1. The molecule has 1 aromatic heterocycles. The normalized spacial score (nSPS) is 24.7. The summed E-state index contributed by atoms with van der Waals surface area (Å²) in [5.41, 5.74) is 1.69. The molecule has 0 spiro atoms. The van der Waals surface area contributed by atoms with Crippen LogP contribution in [0.2, 0.25) is 0 Å². The number of nitrogens with one attached hydrogen (secondary N) is 1. The number of carbonyl (C=O) groups is 2. The lowest BCUT2D eigenvalue weighted by Crippen LogP contribution is -2.55. The molecule has 12 heteroatoms. The summed E-state index contributed by atoms with van der Waals surface area (Å²) in [6.07, 6.45) is 12.2. The predicted molar refractivity (Wildman–Crippen MR) is 211 cm³/mol. The van der Waals surface area contributed by atoms with Gasteiger partial charge in [-0.1, -0.05) is 32.1 Å². The first kappa shape index (κ1) is 39.2. The van der Waals surface area contributed by atoms with Crippen LogP contribution in [0.15, 0.2) is 78.5 Å². The van der Waals surface area contributed by atoms with Crippen LogP contribution in [0, 0.1) is 29.5 Å². The first-order valence-electron chi connectivity index (χ1n) is 20.1. The van der Waals surface area contributed by atoms with E-state index in [0.29, 0.717) is 42.5 Å². The van der Waals surface area contributed by atoms with Gasteiger partial charge in [-0.2, -0.15) is 0 Å². The summed E-state index contributed by atoms with van der Waals surface area (Å²) in [4.78, 5) is 34.2. The number of hydrogen-bond acceptors (Lipinski definition) is 8. The number of carbonyl (C=O) groups excluding carboxylic acids is 2. The maximum Gasteiger partial charge on any atom is 0.305 e. The molecule has 0 unspecified atom stereocenters. The highest BCUT2D eigenvalue weighted by Gasteiger charge is 2.52. The molecule has 2 saturated heterocycles. The second kappa shape index (κ2) is 16.6. The Hall–Kier alpha value is -4.03. The molecule has 10 nitrogen and oxygen atoms in total. The highest BCUT2D eigenvalue weighted by molar-refractivity contribution is 7.92. The number of anilines is 1. The van der Waals surface area contributed by atoms with Gasteiger partial charge in [-0.3, -0.25) is 9.59 Å². The van der Waals surface area contributed by atoms with E-state index in [2.05, 4.69) is 50.4 Å². The summed E-state index contributed by atoms with van der Waals surface area (Å²) in [5.74, 6) is 1.53. The molecular weight excluding hydrogens is 718 g/mol. The lowest BCUT2D eigenvalue weighted by Gasteiger charge is -2.51. The van der Waals surface area contributed by atoms with Crippen molar-refractivity contribution in [1.82, 2.24) is 19.8 Å². The van der Waals surface area contributed by atoms with Crippen LogP contribution in [-0.2, 0) is 42.5 Å². The van der Waals surface area contributed by atoms with Crippen molar-refractivity contribution in [2.45, 2.75) is 92.9 Å². The minimum Gasteiger partial charge on any atom is -0.469 e. The summed E-state index contributed by atoms with van der Waals surface area (Å²) in [6.45, 7) is 11.1. The standard InChI is InChI=1S/C43H56FN5O5S/c1-4-40-45-18-21-48(40)29-43(33-9-7-10-34(44)23-33,39-11-6-8-31(39)22-42(51)54-3)32-16-19-47(20-17-32)26-30-27-49(28-30)36-12-14-37(15-13-36)55(52,53)38-24-35(25-38)46-41(50)5-2/h5,7,9-10,12-15,18,21,23,30-32,35,38-39H,2,4,6,8,11,16-17,19-20,22,24-29H2,1,3H3,(H,46,50)/t31-,35?,38?,39+,43+/m1/s1. The van der Waals surface area contributed by atoms with Crippen molar-refractivity contribution >= 4 is 27.4 Å². The fraction of sp³-hybridized carbons (Fsp3) is 0.558. The molecule has 2 aliphatic carbocycles. The Balaban J connectivity index is 1.01. The van der Waals surface area contributed by atoms with Crippen molar-refractivity contribution in [3.8, 4) is 0 Å². The number of imidazole rings is 1. The Morgan fingerprint density at radius 1 is 1.07 bits per heavy atom. The van der Waals surface area contributed by atoms with Gasteiger partial charge in [0.2, 0.25) is 5.91 Å². The number of ether oxygens (including phenoxy) is 1. The van der Waals surface area contributed by atoms with E-state index in [9.17, 15) is 18.0 Å². The van der Waals surface area contributed by atoms with E-state index in [1.54, 1.807) is 18.2 Å². The molecular formula is C43H56FN5O5S. The van der Waals surface area contributed by atoms with Crippen LogP contribution in [0.3, 0.4) is 0 Å². The zero-order valence-electron chi connectivity index (χ0n) is 32.2. The van der Waals surface area contributed by atoms with Gasteiger partial charge in [0.15, 0.2) is 9.84 Å². The zero-order valence-corrected chi connectivity index (χ0v) is 33.1. The van der Waals surface area contributed by atoms with E-state index in [1.165, 1.54) is 19.3 Å². The van der Waals surface area contributed by atoms with Crippen LogP contribution in [0.5, 0.6) is 0 Å². The number of esters is 1. The van der Waals surface area contributed by atoms with E-state index >= 15 is 4.39 Å². The summed E-state index contributed by atoms with van der Waals surface area (Å²) in [7, 11) is -1.99. The Morgan fingerprint density at radius 3 is 2.49 bits per heavy atom. The third kappa shape index (κ3) is 8.12. The molecule has 3 heterocycles. The van der Waals surface area contributed by atoms with E-state index in [-0.39, 0.29) is 41.0 Å². The average molecular weight is 774 g/mol. The number of sulfone groups is 1. The number of nitrogens with zero attached hydrogens (tertiary/aromatic N) is 4. The second-order valence-corrected chi connectivity index (χ2v) is 18.6. The summed E-state index contributed by atoms with van der Waals surface area (Å²) in [6, 6.07) is 14.4. The summed E-state index contributed by atoms with van der Waals surface area (Å²) in [5, 5.41) is 2.30. The summed E-state index contributed by atoms with van der Waals surface area (Å²) >= 11 is 0. The number of benzene rings is 2. The predicted octanol–water partition coefficient (Wildman–Crippen LogP) is 5.96. The van der Waals surface area contributed by atoms with Gasteiger partial charge in [-0.25, -0.2) is 17.8 Å². The fourth-order valence-corrected chi connectivity index (χ4v) is 12.2. The first-order valence-corrected chi connectivity index (χ1v) is 21.7. The molecule has 2 aromatic carbocycles. The lowest BCUT2D eigenvalue weighted by molar-refractivity contribution is -0.142. The number of methoxy groups -OCH3 is 1. The van der Waals surface area contributed by atoms with Gasteiger partial charge >= 0.3 is 5.97 Å². The van der Waals surface area contributed by atoms with E-state index < -0.39 is 15.1 Å². The molecule has 2 aliphatic heterocycles. The maximum atomic E-state index is 15.2. The van der Waals surface area contributed by atoms with Gasteiger partial charge in [0.25, 0.3) is 0 Å². The molecule has 55 heavy (non-hydrogen) atoms. The number of halogens is 1. The lowest BCUT2D eigenvalue weighted by atomic mass is 9.57. The van der Waals surface area contributed by atoms with Crippen LogP contribution in [0.4, 0.5) is 10.1 Å².